The van der Waals surface area contributed by atoms with E-state index in [4.69, 9.17) is 4.74 Å². The van der Waals surface area contributed by atoms with Gasteiger partial charge in [-0.05, 0) is 44.9 Å². The first-order valence-corrected chi connectivity index (χ1v) is 6.14. The molecule has 0 saturated carbocycles. The highest BCUT2D eigenvalue weighted by Gasteiger charge is 2.02. The fraction of sp³-hybridized carbons (Fsp3) is 0.500. The van der Waals surface area contributed by atoms with Gasteiger partial charge in [-0.3, -0.25) is 4.79 Å². The third kappa shape index (κ3) is 5.38. The van der Waals surface area contributed by atoms with Crippen LogP contribution >= 0.6 is 0 Å². The van der Waals surface area contributed by atoms with Gasteiger partial charge in [0.05, 0.1) is 6.10 Å². The molecule has 17 heavy (non-hydrogen) atoms. The van der Waals surface area contributed by atoms with E-state index in [-0.39, 0.29) is 12.0 Å². The van der Waals surface area contributed by atoms with Gasteiger partial charge in [0.1, 0.15) is 5.75 Å². The fourth-order valence-corrected chi connectivity index (χ4v) is 1.55. The molecule has 0 aliphatic heterocycles. The Kier molecular flexibility index (Phi) is 5.53. The molecule has 3 heteroatoms. The predicted molar refractivity (Wildman–Crippen MR) is 69.2 cm³/mol. The molecule has 1 N–H and O–H groups in total. The van der Waals surface area contributed by atoms with E-state index in [0.29, 0.717) is 13.0 Å². The predicted octanol–water partition coefficient (Wildman–Crippen LogP) is 2.54. The second kappa shape index (κ2) is 6.94. The monoisotopic (exact) mass is 235 g/mol. The zero-order chi connectivity index (χ0) is 12.7. The standard InChI is InChI=1S/C14H21NO2/c1-4-15-14(16)10-7-12-5-8-13(9-6-12)17-11(2)3/h5-6,8-9,11H,4,7,10H2,1-3H3,(H,15,16). The summed E-state index contributed by atoms with van der Waals surface area (Å²) in [6.45, 7) is 6.63. The van der Waals surface area contributed by atoms with Gasteiger partial charge in [-0.2, -0.15) is 0 Å². The molecule has 0 aliphatic rings. The van der Waals surface area contributed by atoms with Crippen molar-refractivity contribution < 1.29 is 9.53 Å². The number of benzene rings is 1. The normalized spacial score (nSPS) is 10.4. The first kappa shape index (κ1) is 13.6. The highest BCUT2D eigenvalue weighted by Crippen LogP contribution is 2.14. The van der Waals surface area contributed by atoms with E-state index >= 15 is 0 Å². The third-order valence-corrected chi connectivity index (χ3v) is 2.31. The van der Waals surface area contributed by atoms with Crippen molar-refractivity contribution in [2.45, 2.75) is 39.7 Å². The number of rotatable bonds is 6. The molecular weight excluding hydrogens is 214 g/mol. The molecule has 0 radical (unpaired) electrons. The molecule has 94 valence electrons. The lowest BCUT2D eigenvalue weighted by molar-refractivity contribution is -0.120. The van der Waals surface area contributed by atoms with Crippen molar-refractivity contribution in [2.24, 2.45) is 0 Å². The van der Waals surface area contributed by atoms with Crippen molar-refractivity contribution in [3.05, 3.63) is 29.8 Å². The number of nitrogens with one attached hydrogen (secondary N) is 1. The summed E-state index contributed by atoms with van der Waals surface area (Å²) in [5, 5.41) is 2.79. The quantitative estimate of drug-likeness (QED) is 0.823. The number of hydrogen-bond donors (Lipinski definition) is 1. The molecule has 0 aromatic heterocycles. The molecule has 0 atom stereocenters. The van der Waals surface area contributed by atoms with E-state index in [2.05, 4.69) is 5.32 Å². The highest BCUT2D eigenvalue weighted by molar-refractivity contribution is 5.76. The Bertz CT molecular complexity index is 344. The third-order valence-electron chi connectivity index (χ3n) is 2.31. The zero-order valence-corrected chi connectivity index (χ0v) is 10.8. The molecule has 0 fully saturated rings. The van der Waals surface area contributed by atoms with Gasteiger partial charge in [0, 0.05) is 13.0 Å². The molecule has 3 nitrogen and oxygen atoms in total. The van der Waals surface area contributed by atoms with Gasteiger partial charge in [0.25, 0.3) is 0 Å². The van der Waals surface area contributed by atoms with E-state index in [1.807, 2.05) is 45.0 Å². The topological polar surface area (TPSA) is 38.3 Å². The molecule has 0 bridgehead atoms. The molecule has 1 aromatic rings. The maximum atomic E-state index is 11.3. The summed E-state index contributed by atoms with van der Waals surface area (Å²) in [4.78, 5) is 11.3. The molecular formula is C14H21NO2. The molecule has 1 amide bonds. The van der Waals surface area contributed by atoms with Crippen LogP contribution in [0.2, 0.25) is 0 Å². The first-order valence-electron chi connectivity index (χ1n) is 6.14. The van der Waals surface area contributed by atoms with E-state index in [1.165, 1.54) is 0 Å². The summed E-state index contributed by atoms with van der Waals surface area (Å²) < 4.78 is 5.55. The molecule has 0 heterocycles. The summed E-state index contributed by atoms with van der Waals surface area (Å²) in [5.41, 5.74) is 1.16. The van der Waals surface area contributed by atoms with E-state index in [9.17, 15) is 4.79 Å². The Balaban J connectivity index is 2.42. The molecule has 1 rings (SSSR count). The summed E-state index contributed by atoms with van der Waals surface area (Å²) >= 11 is 0. The smallest absolute Gasteiger partial charge is 0.220 e. The number of carbonyl (C=O) groups excluding carboxylic acids is 1. The average molecular weight is 235 g/mol. The van der Waals surface area contributed by atoms with E-state index < -0.39 is 0 Å². The second-order valence-electron chi connectivity index (χ2n) is 4.26. The second-order valence-corrected chi connectivity index (χ2v) is 4.26. The van der Waals surface area contributed by atoms with Crippen LogP contribution in [0.4, 0.5) is 0 Å². The minimum Gasteiger partial charge on any atom is -0.491 e. The summed E-state index contributed by atoms with van der Waals surface area (Å²) in [5.74, 6) is 0.983. The minimum atomic E-state index is 0.106. The number of ether oxygens (including phenoxy) is 1. The van der Waals surface area contributed by atoms with Gasteiger partial charge in [-0.25, -0.2) is 0 Å². The zero-order valence-electron chi connectivity index (χ0n) is 10.8. The van der Waals surface area contributed by atoms with Crippen molar-refractivity contribution in [3.63, 3.8) is 0 Å². The van der Waals surface area contributed by atoms with Gasteiger partial charge in [0.2, 0.25) is 5.91 Å². The van der Waals surface area contributed by atoms with Gasteiger partial charge < -0.3 is 10.1 Å². The number of aryl methyl sites for hydroxylation is 1. The molecule has 0 aliphatic carbocycles. The van der Waals surface area contributed by atoms with Crippen LogP contribution in [-0.2, 0) is 11.2 Å². The van der Waals surface area contributed by atoms with Crippen LogP contribution in [0.1, 0.15) is 32.8 Å². The summed E-state index contributed by atoms with van der Waals surface area (Å²) in [6.07, 6.45) is 1.50. The molecule has 0 spiro atoms. The van der Waals surface area contributed by atoms with Crippen LogP contribution < -0.4 is 10.1 Å². The summed E-state index contributed by atoms with van der Waals surface area (Å²) in [7, 11) is 0. The van der Waals surface area contributed by atoms with Crippen LogP contribution in [0.15, 0.2) is 24.3 Å². The van der Waals surface area contributed by atoms with Crippen LogP contribution in [-0.4, -0.2) is 18.6 Å². The maximum absolute atomic E-state index is 11.3. The largest absolute Gasteiger partial charge is 0.491 e. The van der Waals surface area contributed by atoms with E-state index in [1.54, 1.807) is 0 Å². The lowest BCUT2D eigenvalue weighted by Crippen LogP contribution is -2.22. The van der Waals surface area contributed by atoms with Crippen molar-refractivity contribution in [2.75, 3.05) is 6.54 Å². The van der Waals surface area contributed by atoms with Crippen LogP contribution in [0.25, 0.3) is 0 Å². The minimum absolute atomic E-state index is 0.106. The van der Waals surface area contributed by atoms with Crippen molar-refractivity contribution in [3.8, 4) is 5.75 Å². The maximum Gasteiger partial charge on any atom is 0.220 e. The van der Waals surface area contributed by atoms with Crippen LogP contribution in [0.5, 0.6) is 5.75 Å². The number of hydrogen-bond acceptors (Lipinski definition) is 2. The van der Waals surface area contributed by atoms with Gasteiger partial charge >= 0.3 is 0 Å². The number of amides is 1. The molecule has 1 aromatic carbocycles. The van der Waals surface area contributed by atoms with Gasteiger partial charge in [-0.1, -0.05) is 12.1 Å². The Morgan fingerprint density at radius 1 is 1.29 bits per heavy atom. The van der Waals surface area contributed by atoms with Crippen LogP contribution in [0, 0.1) is 0 Å². The fourth-order valence-electron chi connectivity index (χ4n) is 1.55. The van der Waals surface area contributed by atoms with Gasteiger partial charge in [0.15, 0.2) is 0 Å². The molecule has 0 unspecified atom stereocenters. The van der Waals surface area contributed by atoms with Crippen LogP contribution in [0.3, 0.4) is 0 Å². The number of carbonyl (C=O) groups is 1. The lowest BCUT2D eigenvalue weighted by atomic mass is 10.1. The Labute approximate surface area is 103 Å². The Morgan fingerprint density at radius 2 is 1.94 bits per heavy atom. The summed E-state index contributed by atoms with van der Waals surface area (Å²) in [6, 6.07) is 7.92. The van der Waals surface area contributed by atoms with Crippen molar-refractivity contribution in [1.82, 2.24) is 5.32 Å². The highest BCUT2D eigenvalue weighted by atomic mass is 16.5. The van der Waals surface area contributed by atoms with Crippen molar-refractivity contribution >= 4 is 5.91 Å². The Morgan fingerprint density at radius 3 is 2.47 bits per heavy atom. The SMILES string of the molecule is CCNC(=O)CCc1ccc(OC(C)C)cc1. The first-order chi connectivity index (χ1) is 8.11. The van der Waals surface area contributed by atoms with Crippen molar-refractivity contribution in [1.29, 1.82) is 0 Å². The average Bonchev–Trinajstić information content (AvgIpc) is 2.28. The Hall–Kier alpha value is -1.51. The lowest BCUT2D eigenvalue weighted by Gasteiger charge is -2.10. The molecule has 0 saturated heterocycles. The van der Waals surface area contributed by atoms with Gasteiger partial charge in [-0.15, -0.1) is 0 Å². The van der Waals surface area contributed by atoms with E-state index in [0.717, 1.165) is 17.7 Å².